The maximum absolute atomic E-state index is 13.5. The normalized spacial score (nSPS) is 12.1. The molecule has 3 rings (SSSR count). The van der Waals surface area contributed by atoms with Gasteiger partial charge < -0.3 is 9.88 Å². The van der Waals surface area contributed by atoms with Crippen LogP contribution in [0, 0.1) is 5.82 Å². The van der Waals surface area contributed by atoms with Gasteiger partial charge in [-0.15, -0.1) is 5.10 Å². The Bertz CT molecular complexity index is 799. The average molecular weight is 315 g/mol. The first kappa shape index (κ1) is 14.8. The number of hydrogen-bond acceptors (Lipinski definition) is 5. The van der Waals surface area contributed by atoms with Gasteiger partial charge in [-0.2, -0.15) is 0 Å². The molecule has 1 aromatic carbocycles. The van der Waals surface area contributed by atoms with E-state index in [0.717, 1.165) is 0 Å². The molecule has 1 N–H and O–H groups in total. The zero-order valence-corrected chi connectivity index (χ0v) is 12.3. The summed E-state index contributed by atoms with van der Waals surface area (Å²) in [6.07, 6.45) is 4.72. The largest absolute Gasteiger partial charge is 0.340 e. The van der Waals surface area contributed by atoms with Crippen LogP contribution in [0.15, 0.2) is 43.0 Å². The van der Waals surface area contributed by atoms with Gasteiger partial charge in [-0.05, 0) is 28.1 Å². The predicted octanol–water partition coefficient (Wildman–Crippen LogP) is 0.451. The van der Waals surface area contributed by atoms with Crippen molar-refractivity contribution in [2.45, 2.75) is 12.6 Å². The molecule has 0 unspecified atom stereocenters. The lowest BCUT2D eigenvalue weighted by Crippen LogP contribution is -2.33. The number of nitrogens with one attached hydrogen (secondary N) is 1. The monoisotopic (exact) mass is 315 g/mol. The van der Waals surface area contributed by atoms with E-state index in [2.05, 4.69) is 25.8 Å². The first-order chi connectivity index (χ1) is 11.1. The number of amides is 1. The molecular formula is C14H14FN7O. The zero-order valence-electron chi connectivity index (χ0n) is 12.3. The number of rotatable bonds is 5. The van der Waals surface area contributed by atoms with E-state index in [-0.39, 0.29) is 18.3 Å². The van der Waals surface area contributed by atoms with Gasteiger partial charge in [0.1, 0.15) is 30.6 Å². The molecule has 2 aromatic heterocycles. The maximum atomic E-state index is 13.5. The molecule has 0 spiro atoms. The van der Waals surface area contributed by atoms with Crippen molar-refractivity contribution in [2.24, 2.45) is 7.05 Å². The number of aromatic nitrogens is 6. The van der Waals surface area contributed by atoms with Crippen LogP contribution in [-0.2, 0) is 18.4 Å². The number of tetrazole rings is 1. The van der Waals surface area contributed by atoms with Crippen molar-refractivity contribution < 1.29 is 9.18 Å². The summed E-state index contributed by atoms with van der Waals surface area (Å²) in [7, 11) is 1.81. The third kappa shape index (κ3) is 3.39. The minimum absolute atomic E-state index is 0.0385. The molecule has 0 radical (unpaired) electrons. The van der Waals surface area contributed by atoms with Gasteiger partial charge in [0.15, 0.2) is 0 Å². The van der Waals surface area contributed by atoms with Crippen LogP contribution in [0.5, 0.6) is 0 Å². The van der Waals surface area contributed by atoms with Gasteiger partial charge in [0, 0.05) is 19.4 Å². The lowest BCUT2D eigenvalue weighted by atomic mass is 10.1. The topological polar surface area (TPSA) is 90.5 Å². The maximum Gasteiger partial charge on any atom is 0.242 e. The molecule has 1 amide bonds. The fourth-order valence-electron chi connectivity index (χ4n) is 2.24. The van der Waals surface area contributed by atoms with E-state index < -0.39 is 6.04 Å². The fraction of sp³-hybridized carbons (Fsp3) is 0.214. The van der Waals surface area contributed by atoms with Crippen molar-refractivity contribution in [1.29, 1.82) is 0 Å². The molecule has 0 saturated carbocycles. The van der Waals surface area contributed by atoms with Gasteiger partial charge in [0.2, 0.25) is 5.91 Å². The molecule has 8 nitrogen and oxygen atoms in total. The zero-order chi connectivity index (χ0) is 16.2. The van der Waals surface area contributed by atoms with Crippen molar-refractivity contribution in [3.8, 4) is 0 Å². The molecule has 118 valence electrons. The van der Waals surface area contributed by atoms with Crippen LogP contribution in [0.3, 0.4) is 0 Å². The molecule has 0 aliphatic carbocycles. The lowest BCUT2D eigenvalue weighted by molar-refractivity contribution is -0.122. The molecule has 0 aliphatic heterocycles. The van der Waals surface area contributed by atoms with E-state index in [9.17, 15) is 9.18 Å². The molecule has 2 heterocycles. The minimum atomic E-state index is -0.574. The molecule has 0 saturated heterocycles. The van der Waals surface area contributed by atoms with Gasteiger partial charge in [0.25, 0.3) is 0 Å². The van der Waals surface area contributed by atoms with Crippen LogP contribution in [-0.4, -0.2) is 35.7 Å². The Balaban J connectivity index is 1.86. The van der Waals surface area contributed by atoms with Crippen LogP contribution < -0.4 is 5.32 Å². The quantitative estimate of drug-likeness (QED) is 0.738. The van der Waals surface area contributed by atoms with Crippen molar-refractivity contribution in [2.75, 3.05) is 0 Å². The fourth-order valence-corrected chi connectivity index (χ4v) is 2.24. The second-order valence-electron chi connectivity index (χ2n) is 4.96. The predicted molar refractivity (Wildman–Crippen MR) is 77.4 cm³/mol. The van der Waals surface area contributed by atoms with Crippen molar-refractivity contribution in [3.63, 3.8) is 0 Å². The molecular weight excluding hydrogens is 301 g/mol. The highest BCUT2D eigenvalue weighted by Gasteiger charge is 2.21. The minimum Gasteiger partial charge on any atom is -0.340 e. The Morgan fingerprint density at radius 3 is 2.96 bits per heavy atom. The number of imidazole rings is 1. The molecule has 0 bridgehead atoms. The number of carbonyl (C=O) groups is 1. The van der Waals surface area contributed by atoms with E-state index in [1.54, 1.807) is 29.1 Å². The summed E-state index contributed by atoms with van der Waals surface area (Å²) in [6.45, 7) is -0.0385. The molecule has 0 fully saturated rings. The van der Waals surface area contributed by atoms with Crippen molar-refractivity contribution >= 4 is 5.91 Å². The van der Waals surface area contributed by atoms with Gasteiger partial charge in [-0.3, -0.25) is 4.79 Å². The molecule has 0 aliphatic rings. The Morgan fingerprint density at radius 1 is 1.43 bits per heavy atom. The third-order valence-corrected chi connectivity index (χ3v) is 3.30. The van der Waals surface area contributed by atoms with Gasteiger partial charge in [-0.25, -0.2) is 14.1 Å². The molecule has 9 heteroatoms. The summed E-state index contributed by atoms with van der Waals surface area (Å²) < 4.78 is 16.6. The third-order valence-electron chi connectivity index (χ3n) is 3.30. The number of halogens is 1. The summed E-state index contributed by atoms with van der Waals surface area (Å²) in [6, 6.07) is 5.47. The highest BCUT2D eigenvalue weighted by molar-refractivity contribution is 5.76. The number of benzene rings is 1. The summed E-state index contributed by atoms with van der Waals surface area (Å²) in [5.41, 5.74) is 0.601. The Hall–Kier alpha value is -3.10. The van der Waals surface area contributed by atoms with Crippen LogP contribution in [0.1, 0.15) is 17.4 Å². The van der Waals surface area contributed by atoms with Gasteiger partial charge in [0.05, 0.1) is 0 Å². The van der Waals surface area contributed by atoms with E-state index in [1.807, 2.05) is 7.05 Å². The van der Waals surface area contributed by atoms with E-state index in [1.165, 1.54) is 23.1 Å². The van der Waals surface area contributed by atoms with Gasteiger partial charge in [-0.1, -0.05) is 12.1 Å². The van der Waals surface area contributed by atoms with Gasteiger partial charge >= 0.3 is 0 Å². The van der Waals surface area contributed by atoms with Crippen LogP contribution in [0.4, 0.5) is 4.39 Å². The first-order valence-corrected chi connectivity index (χ1v) is 6.86. The SMILES string of the molecule is Cn1ccnc1[C@@H](NC(=O)Cn1cnnn1)c1cccc(F)c1. The number of hydrogen-bond donors (Lipinski definition) is 1. The van der Waals surface area contributed by atoms with Crippen molar-refractivity contribution in [1.82, 2.24) is 35.1 Å². The highest BCUT2D eigenvalue weighted by Crippen LogP contribution is 2.21. The molecule has 23 heavy (non-hydrogen) atoms. The van der Waals surface area contributed by atoms with Crippen molar-refractivity contribution in [3.05, 3.63) is 60.2 Å². The Morgan fingerprint density at radius 2 is 2.30 bits per heavy atom. The summed E-state index contributed by atoms with van der Waals surface area (Å²) >= 11 is 0. The van der Waals surface area contributed by atoms with Crippen LogP contribution in [0.2, 0.25) is 0 Å². The summed E-state index contributed by atoms with van der Waals surface area (Å²) in [4.78, 5) is 16.5. The highest BCUT2D eigenvalue weighted by atomic mass is 19.1. The number of aryl methyl sites for hydroxylation is 1. The lowest BCUT2D eigenvalue weighted by Gasteiger charge is -2.19. The second kappa shape index (κ2) is 6.34. The number of carbonyl (C=O) groups excluding carboxylic acids is 1. The first-order valence-electron chi connectivity index (χ1n) is 6.86. The molecule has 1 atom stereocenters. The standard InChI is InChI=1S/C14H14FN7O/c1-21-6-5-16-14(21)13(10-3-2-4-11(15)7-10)18-12(23)8-22-9-17-19-20-22/h2-7,9,13H,8H2,1H3,(H,18,23)/t13-/m0/s1. The Labute approximate surface area is 131 Å². The summed E-state index contributed by atoms with van der Waals surface area (Å²) in [5.74, 6) is -0.0911. The average Bonchev–Trinajstić information content (AvgIpc) is 3.16. The molecule has 3 aromatic rings. The van der Waals surface area contributed by atoms with E-state index >= 15 is 0 Å². The Kier molecular flexibility index (Phi) is 4.09. The van der Waals surface area contributed by atoms with Crippen LogP contribution >= 0.6 is 0 Å². The number of nitrogens with zero attached hydrogens (tertiary/aromatic N) is 6. The van der Waals surface area contributed by atoms with E-state index in [0.29, 0.717) is 11.4 Å². The second-order valence-corrected chi connectivity index (χ2v) is 4.96. The van der Waals surface area contributed by atoms with Crippen LogP contribution in [0.25, 0.3) is 0 Å². The summed E-state index contributed by atoms with van der Waals surface area (Å²) in [5, 5.41) is 13.4. The smallest absolute Gasteiger partial charge is 0.242 e. The van der Waals surface area contributed by atoms with E-state index in [4.69, 9.17) is 0 Å².